The molecule has 2 unspecified atom stereocenters. The van der Waals surface area contributed by atoms with Gasteiger partial charge in [0.1, 0.15) is 11.0 Å². The van der Waals surface area contributed by atoms with Crippen molar-refractivity contribution >= 4 is 11.6 Å². The lowest BCUT2D eigenvalue weighted by Gasteiger charge is -2.04. The maximum atomic E-state index is 5.88. The van der Waals surface area contributed by atoms with Crippen molar-refractivity contribution in [3.63, 3.8) is 0 Å². The van der Waals surface area contributed by atoms with E-state index in [9.17, 15) is 0 Å². The SMILES string of the molecule is CC1CC1CNCc1ncc(Cl)n1C. The Morgan fingerprint density at radius 1 is 1.71 bits per heavy atom. The molecule has 3 nitrogen and oxygen atoms in total. The molecular weight excluding hydrogens is 198 g/mol. The normalized spacial score (nSPS) is 25.4. The zero-order valence-corrected chi connectivity index (χ0v) is 9.38. The highest BCUT2D eigenvalue weighted by molar-refractivity contribution is 6.29. The summed E-state index contributed by atoms with van der Waals surface area (Å²) >= 11 is 5.88. The van der Waals surface area contributed by atoms with Crippen molar-refractivity contribution in [1.29, 1.82) is 0 Å². The minimum Gasteiger partial charge on any atom is -0.321 e. The van der Waals surface area contributed by atoms with Crippen LogP contribution in [0.4, 0.5) is 0 Å². The summed E-state index contributed by atoms with van der Waals surface area (Å²) in [7, 11) is 1.94. The molecule has 0 saturated heterocycles. The van der Waals surface area contributed by atoms with Crippen LogP contribution >= 0.6 is 11.6 Å². The molecular formula is C10H16ClN3. The number of rotatable bonds is 4. The summed E-state index contributed by atoms with van der Waals surface area (Å²) in [6.45, 7) is 4.21. The standard InChI is InChI=1S/C10H16ClN3/c1-7-3-8(7)4-12-6-10-13-5-9(11)14(10)2/h5,7-8,12H,3-4,6H2,1-2H3. The van der Waals surface area contributed by atoms with Crippen molar-refractivity contribution in [2.24, 2.45) is 18.9 Å². The van der Waals surface area contributed by atoms with E-state index in [-0.39, 0.29) is 0 Å². The molecule has 2 rings (SSSR count). The summed E-state index contributed by atoms with van der Waals surface area (Å²) in [4.78, 5) is 4.22. The Hall–Kier alpha value is -0.540. The van der Waals surface area contributed by atoms with Gasteiger partial charge in [-0.15, -0.1) is 0 Å². The summed E-state index contributed by atoms with van der Waals surface area (Å²) in [6, 6.07) is 0. The molecule has 2 atom stereocenters. The molecule has 78 valence electrons. The van der Waals surface area contributed by atoms with Crippen LogP contribution in [0.1, 0.15) is 19.2 Å². The fourth-order valence-electron chi connectivity index (χ4n) is 1.64. The van der Waals surface area contributed by atoms with E-state index >= 15 is 0 Å². The molecule has 1 aliphatic rings. The Morgan fingerprint density at radius 2 is 2.43 bits per heavy atom. The molecule has 0 aromatic carbocycles. The Kier molecular flexibility index (Phi) is 2.79. The van der Waals surface area contributed by atoms with E-state index in [1.807, 2.05) is 11.6 Å². The van der Waals surface area contributed by atoms with E-state index < -0.39 is 0 Å². The molecule has 0 bridgehead atoms. The van der Waals surface area contributed by atoms with Crippen molar-refractivity contribution in [3.05, 3.63) is 17.2 Å². The van der Waals surface area contributed by atoms with E-state index in [1.165, 1.54) is 6.42 Å². The lowest BCUT2D eigenvalue weighted by Crippen LogP contribution is -2.19. The molecule has 1 saturated carbocycles. The van der Waals surface area contributed by atoms with E-state index in [1.54, 1.807) is 6.20 Å². The fraction of sp³-hybridized carbons (Fsp3) is 0.700. The van der Waals surface area contributed by atoms with E-state index in [0.717, 1.165) is 30.7 Å². The Morgan fingerprint density at radius 3 is 2.93 bits per heavy atom. The van der Waals surface area contributed by atoms with Crippen LogP contribution in [-0.2, 0) is 13.6 Å². The maximum absolute atomic E-state index is 5.88. The van der Waals surface area contributed by atoms with Gasteiger partial charge >= 0.3 is 0 Å². The second-order valence-corrected chi connectivity index (χ2v) is 4.55. The van der Waals surface area contributed by atoms with Gasteiger partial charge in [-0.05, 0) is 24.8 Å². The largest absolute Gasteiger partial charge is 0.321 e. The Balaban J connectivity index is 1.77. The first-order valence-electron chi connectivity index (χ1n) is 5.05. The molecule has 4 heteroatoms. The average molecular weight is 214 g/mol. The third kappa shape index (κ3) is 2.10. The first-order chi connectivity index (χ1) is 6.68. The monoisotopic (exact) mass is 213 g/mol. The first-order valence-corrected chi connectivity index (χ1v) is 5.43. The van der Waals surface area contributed by atoms with Crippen LogP contribution in [0.3, 0.4) is 0 Å². The predicted molar refractivity (Wildman–Crippen MR) is 57.2 cm³/mol. The molecule has 1 N–H and O–H groups in total. The van der Waals surface area contributed by atoms with Crippen molar-refractivity contribution < 1.29 is 0 Å². The number of halogens is 1. The summed E-state index contributed by atoms with van der Waals surface area (Å²) in [6.07, 6.45) is 3.06. The fourth-order valence-corrected chi connectivity index (χ4v) is 1.79. The smallest absolute Gasteiger partial charge is 0.128 e. The predicted octanol–water partition coefficient (Wildman–Crippen LogP) is 1.82. The van der Waals surface area contributed by atoms with Gasteiger partial charge in [0.25, 0.3) is 0 Å². The summed E-state index contributed by atoms with van der Waals surface area (Å²) in [5.74, 6) is 2.79. The molecule has 0 aliphatic heterocycles. The average Bonchev–Trinajstić information content (AvgIpc) is 2.77. The van der Waals surface area contributed by atoms with Crippen LogP contribution in [-0.4, -0.2) is 16.1 Å². The van der Waals surface area contributed by atoms with Gasteiger partial charge in [0.05, 0.1) is 12.7 Å². The molecule has 0 amide bonds. The van der Waals surface area contributed by atoms with Gasteiger partial charge in [0.15, 0.2) is 0 Å². The molecule has 1 aliphatic carbocycles. The van der Waals surface area contributed by atoms with Crippen LogP contribution in [0.2, 0.25) is 5.15 Å². The molecule has 1 heterocycles. The van der Waals surface area contributed by atoms with Crippen LogP contribution in [0, 0.1) is 11.8 Å². The zero-order chi connectivity index (χ0) is 10.1. The number of nitrogens with zero attached hydrogens (tertiary/aromatic N) is 2. The lowest BCUT2D eigenvalue weighted by molar-refractivity contribution is 0.586. The Labute approximate surface area is 89.5 Å². The van der Waals surface area contributed by atoms with E-state index in [0.29, 0.717) is 5.15 Å². The van der Waals surface area contributed by atoms with Crippen molar-refractivity contribution in [3.8, 4) is 0 Å². The van der Waals surface area contributed by atoms with Gasteiger partial charge in [-0.3, -0.25) is 0 Å². The van der Waals surface area contributed by atoms with Crippen LogP contribution < -0.4 is 5.32 Å². The van der Waals surface area contributed by atoms with Crippen molar-refractivity contribution in [1.82, 2.24) is 14.9 Å². The molecule has 0 spiro atoms. The number of hydrogen-bond donors (Lipinski definition) is 1. The zero-order valence-electron chi connectivity index (χ0n) is 8.63. The number of aromatic nitrogens is 2. The van der Waals surface area contributed by atoms with Gasteiger partial charge in [0, 0.05) is 7.05 Å². The van der Waals surface area contributed by atoms with E-state index in [4.69, 9.17) is 11.6 Å². The highest BCUT2D eigenvalue weighted by atomic mass is 35.5. The summed E-state index contributed by atoms with van der Waals surface area (Å²) in [5, 5.41) is 4.10. The summed E-state index contributed by atoms with van der Waals surface area (Å²) in [5.41, 5.74) is 0. The van der Waals surface area contributed by atoms with Crippen molar-refractivity contribution in [2.45, 2.75) is 19.9 Å². The number of imidazole rings is 1. The summed E-state index contributed by atoms with van der Waals surface area (Å²) < 4.78 is 1.91. The van der Waals surface area contributed by atoms with Gasteiger partial charge in [-0.1, -0.05) is 18.5 Å². The molecule has 14 heavy (non-hydrogen) atoms. The lowest BCUT2D eigenvalue weighted by atomic mass is 10.3. The second-order valence-electron chi connectivity index (χ2n) is 4.16. The minimum absolute atomic E-state index is 0.696. The minimum atomic E-state index is 0.696. The topological polar surface area (TPSA) is 29.9 Å². The Bertz CT molecular complexity index is 321. The third-order valence-electron chi connectivity index (χ3n) is 2.99. The second kappa shape index (κ2) is 3.91. The van der Waals surface area contributed by atoms with Gasteiger partial charge < -0.3 is 9.88 Å². The van der Waals surface area contributed by atoms with Gasteiger partial charge in [0.2, 0.25) is 0 Å². The maximum Gasteiger partial charge on any atom is 0.128 e. The van der Waals surface area contributed by atoms with Crippen LogP contribution in [0.25, 0.3) is 0 Å². The van der Waals surface area contributed by atoms with E-state index in [2.05, 4.69) is 17.2 Å². The highest BCUT2D eigenvalue weighted by Gasteiger charge is 2.31. The van der Waals surface area contributed by atoms with Gasteiger partial charge in [-0.2, -0.15) is 0 Å². The third-order valence-corrected chi connectivity index (χ3v) is 3.34. The number of nitrogens with one attached hydrogen (secondary N) is 1. The van der Waals surface area contributed by atoms with Crippen LogP contribution in [0.15, 0.2) is 6.20 Å². The quantitative estimate of drug-likeness (QED) is 0.827. The first kappa shape index (κ1) is 9.99. The molecule has 1 aromatic rings. The van der Waals surface area contributed by atoms with Crippen LogP contribution in [0.5, 0.6) is 0 Å². The molecule has 1 aromatic heterocycles. The highest BCUT2D eigenvalue weighted by Crippen LogP contribution is 2.36. The molecule has 0 radical (unpaired) electrons. The van der Waals surface area contributed by atoms with Gasteiger partial charge in [-0.25, -0.2) is 4.98 Å². The molecule has 1 fully saturated rings. The number of hydrogen-bond acceptors (Lipinski definition) is 2. The van der Waals surface area contributed by atoms with Crippen molar-refractivity contribution in [2.75, 3.05) is 6.54 Å².